The van der Waals surface area contributed by atoms with Gasteiger partial charge in [-0.25, -0.2) is 0 Å². The predicted octanol–water partition coefficient (Wildman–Crippen LogP) is 2.87. The lowest BCUT2D eigenvalue weighted by Crippen LogP contribution is -1.84. The standard InChI is InChI=1S/C8H7ClOS/c1-11-8-6(5-10)3-2-4-7(8)9/h2-5H,1H3. The van der Waals surface area contributed by atoms with Gasteiger partial charge in [0, 0.05) is 10.5 Å². The van der Waals surface area contributed by atoms with Gasteiger partial charge in [0.1, 0.15) is 0 Å². The van der Waals surface area contributed by atoms with Crippen LogP contribution in [0.4, 0.5) is 0 Å². The van der Waals surface area contributed by atoms with Crippen LogP contribution in [0.25, 0.3) is 0 Å². The lowest BCUT2D eigenvalue weighted by Gasteiger charge is -2.01. The van der Waals surface area contributed by atoms with Gasteiger partial charge in [0.15, 0.2) is 6.29 Å². The molecule has 0 aliphatic carbocycles. The maximum Gasteiger partial charge on any atom is 0.151 e. The zero-order chi connectivity index (χ0) is 8.27. The Balaban J connectivity index is 3.23. The SMILES string of the molecule is CSc1c(Cl)cccc1C=O. The number of hydrogen-bond acceptors (Lipinski definition) is 2. The number of aldehydes is 1. The van der Waals surface area contributed by atoms with Crippen molar-refractivity contribution >= 4 is 29.6 Å². The van der Waals surface area contributed by atoms with Crippen molar-refractivity contribution in [3.63, 3.8) is 0 Å². The Labute approximate surface area is 74.7 Å². The number of carbonyl (C=O) groups is 1. The lowest BCUT2D eigenvalue weighted by atomic mass is 10.2. The molecule has 1 rings (SSSR count). The number of carbonyl (C=O) groups excluding carboxylic acids is 1. The average molecular weight is 187 g/mol. The van der Waals surface area contributed by atoms with Crippen LogP contribution in [0.3, 0.4) is 0 Å². The zero-order valence-electron chi connectivity index (χ0n) is 6.00. The smallest absolute Gasteiger partial charge is 0.151 e. The minimum atomic E-state index is 0.641. The van der Waals surface area contributed by atoms with Crippen molar-refractivity contribution in [1.29, 1.82) is 0 Å². The Morgan fingerprint density at radius 2 is 2.27 bits per heavy atom. The highest BCUT2D eigenvalue weighted by Crippen LogP contribution is 2.27. The fourth-order valence-electron chi connectivity index (χ4n) is 0.834. The van der Waals surface area contributed by atoms with Crippen LogP contribution in [-0.4, -0.2) is 12.5 Å². The van der Waals surface area contributed by atoms with Crippen LogP contribution in [0.1, 0.15) is 10.4 Å². The van der Waals surface area contributed by atoms with E-state index in [4.69, 9.17) is 11.6 Å². The summed E-state index contributed by atoms with van der Waals surface area (Å²) in [5.74, 6) is 0. The number of thioether (sulfide) groups is 1. The van der Waals surface area contributed by atoms with Crippen molar-refractivity contribution in [2.45, 2.75) is 4.90 Å². The molecule has 11 heavy (non-hydrogen) atoms. The summed E-state index contributed by atoms with van der Waals surface area (Å²) in [4.78, 5) is 11.3. The van der Waals surface area contributed by atoms with Crippen molar-refractivity contribution in [3.8, 4) is 0 Å². The van der Waals surface area contributed by atoms with E-state index in [1.165, 1.54) is 11.8 Å². The molecule has 0 aliphatic heterocycles. The fourth-order valence-corrected chi connectivity index (χ4v) is 1.86. The van der Waals surface area contributed by atoms with Gasteiger partial charge in [-0.05, 0) is 12.3 Å². The Hall–Kier alpha value is -0.470. The van der Waals surface area contributed by atoms with Crippen LogP contribution in [0.15, 0.2) is 23.1 Å². The van der Waals surface area contributed by atoms with Crippen LogP contribution in [0.2, 0.25) is 5.02 Å². The first kappa shape index (κ1) is 8.62. The molecular weight excluding hydrogens is 180 g/mol. The van der Waals surface area contributed by atoms with E-state index in [0.29, 0.717) is 10.6 Å². The van der Waals surface area contributed by atoms with Gasteiger partial charge in [-0.2, -0.15) is 0 Å². The lowest BCUT2D eigenvalue weighted by molar-refractivity contribution is 0.112. The summed E-state index contributed by atoms with van der Waals surface area (Å²) >= 11 is 7.31. The molecule has 0 heterocycles. The molecule has 0 spiro atoms. The van der Waals surface area contributed by atoms with Crippen molar-refractivity contribution < 1.29 is 4.79 Å². The number of rotatable bonds is 2. The summed E-state index contributed by atoms with van der Waals surface area (Å²) in [6, 6.07) is 5.30. The van der Waals surface area contributed by atoms with E-state index in [-0.39, 0.29) is 0 Å². The molecule has 1 aromatic rings. The first-order valence-electron chi connectivity index (χ1n) is 3.07. The molecule has 0 fully saturated rings. The summed E-state index contributed by atoms with van der Waals surface area (Å²) in [7, 11) is 0. The monoisotopic (exact) mass is 186 g/mol. The van der Waals surface area contributed by atoms with Gasteiger partial charge in [-0.3, -0.25) is 4.79 Å². The van der Waals surface area contributed by atoms with Gasteiger partial charge >= 0.3 is 0 Å². The first-order valence-corrected chi connectivity index (χ1v) is 4.67. The Kier molecular flexibility index (Phi) is 2.97. The van der Waals surface area contributed by atoms with Gasteiger partial charge in [0.25, 0.3) is 0 Å². The van der Waals surface area contributed by atoms with Gasteiger partial charge < -0.3 is 0 Å². The summed E-state index contributed by atoms with van der Waals surface area (Å²) in [6.45, 7) is 0. The van der Waals surface area contributed by atoms with Crippen LogP contribution >= 0.6 is 23.4 Å². The molecule has 0 atom stereocenters. The largest absolute Gasteiger partial charge is 0.298 e. The Morgan fingerprint density at radius 1 is 1.55 bits per heavy atom. The van der Waals surface area contributed by atoms with Crippen molar-refractivity contribution in [3.05, 3.63) is 28.8 Å². The van der Waals surface area contributed by atoms with Crippen LogP contribution in [-0.2, 0) is 0 Å². The summed E-state index contributed by atoms with van der Waals surface area (Å²) in [5, 5.41) is 0.641. The van der Waals surface area contributed by atoms with Crippen molar-refractivity contribution in [2.24, 2.45) is 0 Å². The molecule has 0 amide bonds. The molecule has 3 heteroatoms. The van der Waals surface area contributed by atoms with E-state index in [1.54, 1.807) is 18.2 Å². The molecule has 0 unspecified atom stereocenters. The first-order chi connectivity index (χ1) is 5.29. The molecular formula is C8H7ClOS. The van der Waals surface area contributed by atoms with Crippen LogP contribution in [0, 0.1) is 0 Å². The van der Waals surface area contributed by atoms with E-state index in [1.807, 2.05) is 6.26 Å². The van der Waals surface area contributed by atoms with Gasteiger partial charge in [-0.15, -0.1) is 11.8 Å². The molecule has 0 radical (unpaired) electrons. The highest BCUT2D eigenvalue weighted by Gasteiger charge is 2.03. The average Bonchev–Trinajstić information content (AvgIpc) is 2.04. The molecule has 0 saturated heterocycles. The van der Waals surface area contributed by atoms with Crippen LogP contribution < -0.4 is 0 Å². The van der Waals surface area contributed by atoms with Gasteiger partial charge in [0.05, 0.1) is 5.02 Å². The molecule has 1 nitrogen and oxygen atoms in total. The minimum Gasteiger partial charge on any atom is -0.298 e. The summed E-state index contributed by atoms with van der Waals surface area (Å²) in [6.07, 6.45) is 2.71. The summed E-state index contributed by atoms with van der Waals surface area (Å²) < 4.78 is 0. The second-order valence-corrected chi connectivity index (χ2v) is 3.20. The normalized spacial score (nSPS) is 9.64. The third-order valence-electron chi connectivity index (χ3n) is 1.33. The Morgan fingerprint density at radius 3 is 2.73 bits per heavy atom. The Bertz CT molecular complexity index is 273. The fraction of sp³-hybridized carbons (Fsp3) is 0.125. The van der Waals surface area contributed by atoms with Crippen molar-refractivity contribution in [1.82, 2.24) is 0 Å². The summed E-state index contributed by atoms with van der Waals surface area (Å²) in [5.41, 5.74) is 0.657. The molecule has 0 bridgehead atoms. The van der Waals surface area contributed by atoms with E-state index in [0.717, 1.165) is 11.2 Å². The van der Waals surface area contributed by atoms with E-state index in [2.05, 4.69) is 0 Å². The third-order valence-corrected chi connectivity index (χ3v) is 2.62. The number of halogens is 1. The van der Waals surface area contributed by atoms with E-state index in [9.17, 15) is 4.79 Å². The van der Waals surface area contributed by atoms with Crippen LogP contribution in [0.5, 0.6) is 0 Å². The quantitative estimate of drug-likeness (QED) is 0.522. The third kappa shape index (κ3) is 1.76. The van der Waals surface area contributed by atoms with E-state index >= 15 is 0 Å². The second-order valence-electron chi connectivity index (χ2n) is 1.98. The molecule has 1 aromatic carbocycles. The predicted molar refractivity (Wildman–Crippen MR) is 48.6 cm³/mol. The van der Waals surface area contributed by atoms with Gasteiger partial charge in [0.2, 0.25) is 0 Å². The molecule has 0 N–H and O–H groups in total. The minimum absolute atomic E-state index is 0.641. The molecule has 0 saturated carbocycles. The molecule has 0 aromatic heterocycles. The van der Waals surface area contributed by atoms with E-state index < -0.39 is 0 Å². The second kappa shape index (κ2) is 3.79. The highest BCUT2D eigenvalue weighted by atomic mass is 35.5. The topological polar surface area (TPSA) is 17.1 Å². The molecule has 0 aliphatic rings. The number of hydrogen-bond donors (Lipinski definition) is 0. The maximum atomic E-state index is 10.5. The van der Waals surface area contributed by atoms with Gasteiger partial charge in [-0.1, -0.05) is 23.7 Å². The highest BCUT2D eigenvalue weighted by molar-refractivity contribution is 7.98. The zero-order valence-corrected chi connectivity index (χ0v) is 7.58. The maximum absolute atomic E-state index is 10.5. The number of benzene rings is 1. The molecule has 58 valence electrons. The van der Waals surface area contributed by atoms with Crippen molar-refractivity contribution in [2.75, 3.05) is 6.26 Å².